The highest BCUT2D eigenvalue weighted by Crippen LogP contribution is 1.82. The summed E-state index contributed by atoms with van der Waals surface area (Å²) in [5.41, 5.74) is 0.961. The van der Waals surface area contributed by atoms with E-state index in [1.807, 2.05) is 34.0 Å². The first-order valence-electron chi connectivity index (χ1n) is 3.12. The molecule has 0 aliphatic carbocycles. The number of hydrogen-bond acceptors (Lipinski definition) is 2. The van der Waals surface area contributed by atoms with Crippen molar-refractivity contribution in [1.29, 1.82) is 0 Å². The molecule has 1 aromatic rings. The molecule has 0 spiro atoms. The van der Waals surface area contributed by atoms with Crippen molar-refractivity contribution in [3.63, 3.8) is 0 Å². The first kappa shape index (κ1) is 8.14. The van der Waals surface area contributed by atoms with Gasteiger partial charge in [0.2, 0.25) is 0 Å². The average molecular weight is 127 g/mol. The van der Waals surface area contributed by atoms with Gasteiger partial charge in [0.05, 0.1) is 5.69 Å². The number of aromatic nitrogens is 3. The molecule has 0 amide bonds. The third kappa shape index (κ3) is 2.85. The summed E-state index contributed by atoms with van der Waals surface area (Å²) >= 11 is 0. The van der Waals surface area contributed by atoms with Crippen LogP contribution in [0.15, 0.2) is 6.20 Å². The molecule has 1 rings (SSSR count). The van der Waals surface area contributed by atoms with Crippen LogP contribution in [-0.2, 0) is 7.05 Å². The Morgan fingerprint density at radius 1 is 1.44 bits per heavy atom. The van der Waals surface area contributed by atoms with Gasteiger partial charge in [-0.05, 0) is 6.92 Å². The highest BCUT2D eigenvalue weighted by Gasteiger charge is 1.83. The van der Waals surface area contributed by atoms with E-state index in [0.717, 1.165) is 5.69 Å². The summed E-state index contributed by atoms with van der Waals surface area (Å²) in [6.45, 7) is 5.91. The van der Waals surface area contributed by atoms with E-state index in [2.05, 4.69) is 10.3 Å². The molecule has 0 atom stereocenters. The molecule has 0 fully saturated rings. The zero-order chi connectivity index (χ0) is 7.28. The van der Waals surface area contributed by atoms with Crippen molar-refractivity contribution >= 4 is 0 Å². The molecule has 0 bridgehead atoms. The zero-order valence-corrected chi connectivity index (χ0v) is 6.42. The fourth-order valence-electron chi connectivity index (χ4n) is 0.463. The summed E-state index contributed by atoms with van der Waals surface area (Å²) < 4.78 is 1.68. The number of aryl methyl sites for hydroxylation is 2. The Labute approximate surface area is 55.7 Å². The smallest absolute Gasteiger partial charge is 0.0796 e. The maximum Gasteiger partial charge on any atom is 0.0796 e. The van der Waals surface area contributed by atoms with Crippen molar-refractivity contribution in [3.8, 4) is 0 Å². The van der Waals surface area contributed by atoms with E-state index >= 15 is 0 Å². The van der Waals surface area contributed by atoms with Crippen molar-refractivity contribution in [2.24, 2.45) is 7.05 Å². The second kappa shape index (κ2) is 4.06. The van der Waals surface area contributed by atoms with Gasteiger partial charge < -0.3 is 0 Å². The van der Waals surface area contributed by atoms with Crippen LogP contribution < -0.4 is 0 Å². The van der Waals surface area contributed by atoms with Crippen molar-refractivity contribution in [2.75, 3.05) is 0 Å². The maximum atomic E-state index is 3.73. The quantitative estimate of drug-likeness (QED) is 0.523. The molecule has 52 valence electrons. The number of nitrogens with zero attached hydrogens (tertiary/aromatic N) is 3. The highest BCUT2D eigenvalue weighted by molar-refractivity contribution is 4.85. The Morgan fingerprint density at radius 2 is 2.00 bits per heavy atom. The Bertz CT molecular complexity index is 141. The summed E-state index contributed by atoms with van der Waals surface area (Å²) in [6.07, 6.45) is 1.86. The van der Waals surface area contributed by atoms with E-state index in [0.29, 0.717) is 0 Å². The Morgan fingerprint density at radius 3 is 2.11 bits per heavy atom. The van der Waals surface area contributed by atoms with Crippen LogP contribution in [0.2, 0.25) is 0 Å². The van der Waals surface area contributed by atoms with E-state index < -0.39 is 0 Å². The Kier molecular flexibility index (Phi) is 3.67. The molecule has 0 radical (unpaired) electrons. The van der Waals surface area contributed by atoms with Crippen molar-refractivity contribution in [2.45, 2.75) is 20.8 Å². The third-order valence-electron chi connectivity index (χ3n) is 0.717. The largest absolute Gasteiger partial charge is 0.255 e. The second-order valence-electron chi connectivity index (χ2n) is 1.53. The molecule has 3 heteroatoms. The van der Waals surface area contributed by atoms with Gasteiger partial charge in [-0.3, -0.25) is 4.68 Å². The van der Waals surface area contributed by atoms with Crippen LogP contribution in [-0.4, -0.2) is 15.0 Å². The molecule has 0 saturated heterocycles. The van der Waals surface area contributed by atoms with Crippen LogP contribution in [0.4, 0.5) is 0 Å². The Hall–Kier alpha value is -0.860. The predicted molar refractivity (Wildman–Crippen MR) is 37.1 cm³/mol. The lowest BCUT2D eigenvalue weighted by Gasteiger charge is -1.75. The minimum absolute atomic E-state index is 0.961. The minimum Gasteiger partial charge on any atom is -0.255 e. The molecule has 1 heterocycles. The maximum absolute atomic E-state index is 3.73. The number of rotatable bonds is 0. The van der Waals surface area contributed by atoms with Gasteiger partial charge in [-0.1, -0.05) is 19.1 Å². The third-order valence-corrected chi connectivity index (χ3v) is 0.717. The fraction of sp³-hybridized carbons (Fsp3) is 0.667. The molecule has 1 aromatic heterocycles. The lowest BCUT2D eigenvalue weighted by molar-refractivity contribution is 0.714. The van der Waals surface area contributed by atoms with E-state index in [4.69, 9.17) is 0 Å². The topological polar surface area (TPSA) is 30.7 Å². The summed E-state index contributed by atoms with van der Waals surface area (Å²) in [5, 5.41) is 7.41. The average Bonchev–Trinajstić information content (AvgIpc) is 2.20. The molecule has 3 nitrogen and oxygen atoms in total. The first-order chi connectivity index (χ1) is 4.29. The SMILES string of the molecule is CC.Cc1cn(C)nn1. The molecule has 0 aliphatic rings. The molecule has 0 aromatic carbocycles. The fourth-order valence-corrected chi connectivity index (χ4v) is 0.463. The second-order valence-corrected chi connectivity index (χ2v) is 1.53. The molecular weight excluding hydrogens is 114 g/mol. The van der Waals surface area contributed by atoms with Gasteiger partial charge in [0, 0.05) is 13.2 Å². The Balaban J connectivity index is 0.000000291. The predicted octanol–water partition coefficient (Wildman–Crippen LogP) is 1.15. The summed E-state index contributed by atoms with van der Waals surface area (Å²) in [5.74, 6) is 0. The van der Waals surface area contributed by atoms with Crippen molar-refractivity contribution in [3.05, 3.63) is 11.9 Å². The van der Waals surface area contributed by atoms with Crippen LogP contribution in [0.3, 0.4) is 0 Å². The summed E-state index contributed by atoms with van der Waals surface area (Å²) in [7, 11) is 1.85. The number of hydrogen-bond donors (Lipinski definition) is 0. The lowest BCUT2D eigenvalue weighted by Crippen LogP contribution is -1.85. The van der Waals surface area contributed by atoms with Gasteiger partial charge in [-0.2, -0.15) is 0 Å². The van der Waals surface area contributed by atoms with Crippen LogP contribution in [0.25, 0.3) is 0 Å². The lowest BCUT2D eigenvalue weighted by atomic mass is 10.6. The normalized spacial score (nSPS) is 8.00. The van der Waals surface area contributed by atoms with E-state index in [1.165, 1.54) is 0 Å². The molecule has 0 unspecified atom stereocenters. The highest BCUT2D eigenvalue weighted by atomic mass is 15.4. The van der Waals surface area contributed by atoms with E-state index in [1.54, 1.807) is 4.68 Å². The van der Waals surface area contributed by atoms with Crippen molar-refractivity contribution in [1.82, 2.24) is 15.0 Å². The monoisotopic (exact) mass is 127 g/mol. The van der Waals surface area contributed by atoms with E-state index in [-0.39, 0.29) is 0 Å². The molecule has 0 N–H and O–H groups in total. The molecule has 0 aliphatic heterocycles. The summed E-state index contributed by atoms with van der Waals surface area (Å²) in [6, 6.07) is 0. The van der Waals surface area contributed by atoms with Gasteiger partial charge in [0.1, 0.15) is 0 Å². The molecular formula is C6H13N3. The van der Waals surface area contributed by atoms with Gasteiger partial charge in [0.15, 0.2) is 0 Å². The molecule has 9 heavy (non-hydrogen) atoms. The van der Waals surface area contributed by atoms with Crippen LogP contribution in [0.5, 0.6) is 0 Å². The van der Waals surface area contributed by atoms with Crippen LogP contribution in [0, 0.1) is 6.92 Å². The van der Waals surface area contributed by atoms with Gasteiger partial charge in [-0.15, -0.1) is 5.10 Å². The van der Waals surface area contributed by atoms with Crippen LogP contribution in [0.1, 0.15) is 19.5 Å². The van der Waals surface area contributed by atoms with Crippen molar-refractivity contribution < 1.29 is 0 Å². The van der Waals surface area contributed by atoms with Gasteiger partial charge >= 0.3 is 0 Å². The molecule has 0 saturated carbocycles. The summed E-state index contributed by atoms with van der Waals surface area (Å²) in [4.78, 5) is 0. The van der Waals surface area contributed by atoms with Gasteiger partial charge in [-0.25, -0.2) is 0 Å². The minimum atomic E-state index is 0.961. The van der Waals surface area contributed by atoms with Crippen LogP contribution >= 0.6 is 0 Å². The van der Waals surface area contributed by atoms with E-state index in [9.17, 15) is 0 Å². The first-order valence-corrected chi connectivity index (χ1v) is 3.12. The van der Waals surface area contributed by atoms with Gasteiger partial charge in [0.25, 0.3) is 0 Å². The standard InChI is InChI=1S/C4H7N3.C2H6/c1-4-3-7(2)6-5-4;1-2/h3H,1-2H3;1-2H3. The zero-order valence-electron chi connectivity index (χ0n) is 6.42.